The molecule has 5 heteroatoms. The molecule has 1 aliphatic rings. The summed E-state index contributed by atoms with van der Waals surface area (Å²) >= 11 is 3.35. The minimum Gasteiger partial charge on any atom is -0.337 e. The largest absolute Gasteiger partial charge is 0.337 e. The van der Waals surface area contributed by atoms with Crippen LogP contribution in [0.5, 0.6) is 0 Å². The summed E-state index contributed by atoms with van der Waals surface area (Å²) in [5.74, 6) is -0.122. The maximum atomic E-state index is 11.5. The van der Waals surface area contributed by atoms with E-state index in [1.54, 1.807) is 0 Å². The number of amides is 3. The van der Waals surface area contributed by atoms with Crippen LogP contribution in [0.1, 0.15) is 12.0 Å². The number of urea groups is 1. The van der Waals surface area contributed by atoms with E-state index < -0.39 is 0 Å². The lowest BCUT2D eigenvalue weighted by molar-refractivity contribution is -0.129. The zero-order valence-corrected chi connectivity index (χ0v) is 10.2. The molecule has 1 N–H and O–H groups in total. The van der Waals surface area contributed by atoms with Crippen LogP contribution < -0.4 is 5.32 Å². The molecule has 3 amide bonds. The number of halogens is 1. The maximum absolute atomic E-state index is 11.5. The molecule has 0 unspecified atom stereocenters. The van der Waals surface area contributed by atoms with E-state index in [9.17, 15) is 9.59 Å². The van der Waals surface area contributed by atoms with E-state index in [1.807, 2.05) is 24.3 Å². The second-order valence-corrected chi connectivity index (χ2v) is 4.51. The average Bonchev–Trinajstić information content (AvgIpc) is 2.24. The van der Waals surface area contributed by atoms with Crippen molar-refractivity contribution >= 4 is 27.9 Å². The molecule has 1 saturated heterocycles. The lowest BCUT2D eigenvalue weighted by Crippen LogP contribution is -2.49. The third kappa shape index (κ3) is 2.41. The molecule has 16 heavy (non-hydrogen) atoms. The van der Waals surface area contributed by atoms with Crippen molar-refractivity contribution in [3.8, 4) is 0 Å². The van der Waals surface area contributed by atoms with Crippen molar-refractivity contribution in [1.29, 1.82) is 0 Å². The molecule has 0 spiro atoms. The van der Waals surface area contributed by atoms with Gasteiger partial charge in [0.05, 0.1) is 6.54 Å². The fraction of sp³-hybridized carbons (Fsp3) is 0.273. The topological polar surface area (TPSA) is 49.4 Å². The molecule has 1 aromatic rings. The van der Waals surface area contributed by atoms with E-state index in [4.69, 9.17) is 0 Å². The van der Waals surface area contributed by atoms with Gasteiger partial charge in [-0.05, 0) is 17.7 Å². The van der Waals surface area contributed by atoms with Crippen molar-refractivity contribution in [1.82, 2.24) is 10.2 Å². The fourth-order valence-corrected chi connectivity index (χ4v) is 2.04. The molecule has 0 aromatic heterocycles. The van der Waals surface area contributed by atoms with Crippen LogP contribution in [0.2, 0.25) is 0 Å². The van der Waals surface area contributed by atoms with Gasteiger partial charge in [-0.3, -0.25) is 9.69 Å². The number of rotatable bonds is 2. The number of nitrogens with zero attached hydrogens (tertiary/aromatic N) is 1. The van der Waals surface area contributed by atoms with Gasteiger partial charge in [0.25, 0.3) is 0 Å². The summed E-state index contributed by atoms with van der Waals surface area (Å²) < 4.78 is 0.940. The van der Waals surface area contributed by atoms with Gasteiger partial charge in [-0.1, -0.05) is 28.1 Å². The molecule has 2 rings (SSSR count). The number of carbonyl (C=O) groups is 2. The van der Waals surface area contributed by atoms with Crippen LogP contribution in [-0.2, 0) is 11.3 Å². The molecule has 0 aliphatic carbocycles. The van der Waals surface area contributed by atoms with Gasteiger partial charge in [0, 0.05) is 17.4 Å². The molecule has 1 heterocycles. The van der Waals surface area contributed by atoms with E-state index in [0.717, 1.165) is 10.0 Å². The molecule has 1 fully saturated rings. The summed E-state index contributed by atoms with van der Waals surface area (Å²) in [6.07, 6.45) is 0.375. The minimum absolute atomic E-state index is 0.122. The Morgan fingerprint density at radius 1 is 1.38 bits per heavy atom. The number of imide groups is 1. The Bertz CT molecular complexity index is 418. The van der Waals surface area contributed by atoms with E-state index in [-0.39, 0.29) is 11.9 Å². The first-order valence-electron chi connectivity index (χ1n) is 4.99. The molecule has 0 atom stereocenters. The van der Waals surface area contributed by atoms with Crippen LogP contribution in [0.4, 0.5) is 4.79 Å². The fourth-order valence-electron chi connectivity index (χ4n) is 1.60. The molecular formula is C11H11BrN2O2. The molecule has 0 saturated carbocycles. The highest BCUT2D eigenvalue weighted by Crippen LogP contribution is 2.14. The summed E-state index contributed by atoms with van der Waals surface area (Å²) in [6.45, 7) is 0.761. The Balaban J connectivity index is 2.13. The van der Waals surface area contributed by atoms with E-state index in [1.165, 1.54) is 4.90 Å². The van der Waals surface area contributed by atoms with Crippen molar-refractivity contribution in [2.24, 2.45) is 0 Å². The second kappa shape index (κ2) is 4.65. The summed E-state index contributed by atoms with van der Waals surface area (Å²) in [5.41, 5.74) is 0.930. The van der Waals surface area contributed by atoms with Gasteiger partial charge in [0.2, 0.25) is 5.91 Å². The van der Waals surface area contributed by atoms with Gasteiger partial charge >= 0.3 is 6.03 Å². The quantitative estimate of drug-likeness (QED) is 0.901. The van der Waals surface area contributed by atoms with Crippen LogP contribution in [0.3, 0.4) is 0 Å². The Morgan fingerprint density at radius 2 is 2.19 bits per heavy atom. The van der Waals surface area contributed by atoms with Crippen LogP contribution in [0.15, 0.2) is 28.7 Å². The van der Waals surface area contributed by atoms with Crippen molar-refractivity contribution in [3.63, 3.8) is 0 Å². The Hall–Kier alpha value is -1.36. The van der Waals surface area contributed by atoms with E-state index in [0.29, 0.717) is 19.5 Å². The summed E-state index contributed by atoms with van der Waals surface area (Å²) in [4.78, 5) is 24.3. The standard InChI is InChI=1S/C11H11BrN2O2/c12-9-3-1-2-8(6-9)7-14-10(15)4-5-13-11(14)16/h1-3,6H,4-5,7H2,(H,13,16). The summed E-state index contributed by atoms with van der Waals surface area (Å²) in [7, 11) is 0. The van der Waals surface area contributed by atoms with Crippen LogP contribution in [0.25, 0.3) is 0 Å². The Kier molecular flexibility index (Phi) is 3.24. The van der Waals surface area contributed by atoms with Gasteiger partial charge in [0.1, 0.15) is 0 Å². The maximum Gasteiger partial charge on any atom is 0.324 e. The van der Waals surface area contributed by atoms with Crippen molar-refractivity contribution in [3.05, 3.63) is 34.3 Å². The first kappa shape index (κ1) is 11.1. The molecular weight excluding hydrogens is 272 g/mol. The third-order valence-electron chi connectivity index (χ3n) is 2.39. The molecule has 1 aromatic carbocycles. The molecule has 84 valence electrons. The van der Waals surface area contributed by atoms with Crippen molar-refractivity contribution in [2.75, 3.05) is 6.54 Å². The number of carbonyl (C=O) groups excluding carboxylic acids is 2. The zero-order valence-electron chi connectivity index (χ0n) is 8.57. The lowest BCUT2D eigenvalue weighted by atomic mass is 10.2. The highest BCUT2D eigenvalue weighted by Gasteiger charge is 2.25. The van der Waals surface area contributed by atoms with Gasteiger partial charge in [0.15, 0.2) is 0 Å². The smallest absolute Gasteiger partial charge is 0.324 e. The summed E-state index contributed by atoms with van der Waals surface area (Å²) in [5, 5.41) is 2.65. The van der Waals surface area contributed by atoms with Gasteiger partial charge in [-0.25, -0.2) is 4.79 Å². The number of benzene rings is 1. The molecule has 0 bridgehead atoms. The molecule has 0 radical (unpaired) electrons. The van der Waals surface area contributed by atoms with Crippen LogP contribution in [-0.4, -0.2) is 23.4 Å². The average molecular weight is 283 g/mol. The molecule has 1 aliphatic heterocycles. The summed E-state index contributed by atoms with van der Waals surface area (Å²) in [6, 6.07) is 7.26. The normalized spacial score (nSPS) is 16.2. The van der Waals surface area contributed by atoms with E-state index in [2.05, 4.69) is 21.2 Å². The zero-order chi connectivity index (χ0) is 11.5. The second-order valence-electron chi connectivity index (χ2n) is 3.59. The Labute approximate surface area is 102 Å². The van der Waals surface area contributed by atoms with Gasteiger partial charge in [-0.15, -0.1) is 0 Å². The SMILES string of the molecule is O=C1CCNC(=O)N1Cc1cccc(Br)c1. The highest BCUT2D eigenvalue weighted by molar-refractivity contribution is 9.10. The third-order valence-corrected chi connectivity index (χ3v) is 2.88. The van der Waals surface area contributed by atoms with Crippen LogP contribution in [0, 0.1) is 0 Å². The van der Waals surface area contributed by atoms with Crippen molar-refractivity contribution in [2.45, 2.75) is 13.0 Å². The number of hydrogen-bond donors (Lipinski definition) is 1. The van der Waals surface area contributed by atoms with E-state index >= 15 is 0 Å². The minimum atomic E-state index is -0.309. The number of nitrogens with one attached hydrogen (secondary N) is 1. The predicted octanol–water partition coefficient (Wildman–Crippen LogP) is 1.89. The lowest BCUT2D eigenvalue weighted by Gasteiger charge is -2.25. The number of hydrogen-bond acceptors (Lipinski definition) is 2. The van der Waals surface area contributed by atoms with Gasteiger partial charge in [-0.2, -0.15) is 0 Å². The first-order valence-corrected chi connectivity index (χ1v) is 5.79. The van der Waals surface area contributed by atoms with Crippen LogP contribution >= 0.6 is 15.9 Å². The Morgan fingerprint density at radius 3 is 2.88 bits per heavy atom. The van der Waals surface area contributed by atoms with Crippen molar-refractivity contribution < 1.29 is 9.59 Å². The first-order chi connectivity index (χ1) is 7.66. The van der Waals surface area contributed by atoms with Gasteiger partial charge < -0.3 is 5.32 Å². The monoisotopic (exact) mass is 282 g/mol. The molecule has 4 nitrogen and oxygen atoms in total. The highest BCUT2D eigenvalue weighted by atomic mass is 79.9. The predicted molar refractivity (Wildman–Crippen MR) is 62.7 cm³/mol.